The minimum absolute atomic E-state index is 0. The average molecular weight is 935 g/mol. The fourth-order valence-corrected chi connectivity index (χ4v) is 26.2. The molecule has 0 N–H and O–H groups in total. The summed E-state index contributed by atoms with van der Waals surface area (Å²) in [6.07, 6.45) is 12.2. The smallest absolute Gasteiger partial charge is 1.00 e. The number of hydrogen-bond donors (Lipinski definition) is 0. The standard InChI is InChI=1S/C52H60O2Si2.2ClH.Zr/c1-51(2,3)55(41-25-11-7-12-26-41,42-27-13-8-14-28-42)53-49-37-39-23-19-21-33-45(39)47(49)35-36-48-46-34-22-20-24-40(46)38-50(48)54-56(52(4,5)6,43-29-15-9-16-30-43)44-31-17-10-18-32-44;;;/h7-18,25-32,37-38H,19-24,33-36H2,1-6H3;2*1H;/q;;;+2/p-2. The molecule has 0 radical (unpaired) electrons. The van der Waals surface area contributed by atoms with Gasteiger partial charge in [-0.3, -0.25) is 0 Å². The molecular formula is C52H60Cl2O2Si2Zr. The second-order valence-corrected chi connectivity index (χ2v) is 31.3. The molecule has 4 bridgehead atoms. The molecule has 2 unspecified atom stereocenters. The van der Waals surface area contributed by atoms with E-state index in [2.05, 4.69) is 163 Å². The normalized spacial score (nSPS) is 20.5. The molecule has 0 amide bonds. The number of allylic oxidation sites excluding steroid dienone is 6. The molecule has 0 spiro atoms. The number of halogens is 2. The Labute approximate surface area is 380 Å². The monoisotopic (exact) mass is 932 g/mol. The van der Waals surface area contributed by atoms with Crippen molar-refractivity contribution in [1.29, 1.82) is 0 Å². The summed E-state index contributed by atoms with van der Waals surface area (Å²) < 4.78 is 17.5. The van der Waals surface area contributed by atoms with Crippen molar-refractivity contribution in [3.05, 3.63) is 166 Å². The van der Waals surface area contributed by atoms with Crippen molar-refractivity contribution >= 4 is 37.4 Å². The molecule has 0 saturated carbocycles. The van der Waals surface area contributed by atoms with Crippen molar-refractivity contribution in [2.45, 2.75) is 123 Å². The third-order valence-electron chi connectivity index (χ3n) is 13.9. The molecule has 5 aliphatic rings. The zero-order chi connectivity index (χ0) is 39.4. The minimum Gasteiger partial charge on any atom is -1.00 e. The van der Waals surface area contributed by atoms with E-state index >= 15 is 0 Å². The van der Waals surface area contributed by atoms with Gasteiger partial charge in [0.15, 0.2) is 0 Å². The zero-order valence-electron chi connectivity index (χ0n) is 35.8. The maximum absolute atomic E-state index is 8.31. The van der Waals surface area contributed by atoms with Crippen LogP contribution in [-0.2, 0) is 32.1 Å². The maximum Gasteiger partial charge on any atom is -1.00 e. The van der Waals surface area contributed by atoms with Gasteiger partial charge in [-0.2, -0.15) is 0 Å². The van der Waals surface area contributed by atoms with Crippen molar-refractivity contribution in [3.8, 4) is 0 Å². The fraction of sp³-hybridized carbons (Fsp3) is 0.385. The summed E-state index contributed by atoms with van der Waals surface area (Å²) in [6, 6.07) is 45.6. The second kappa shape index (κ2) is 17.6. The molecule has 9 rings (SSSR count). The number of hydrogen-bond acceptors (Lipinski definition) is 2. The Kier molecular flexibility index (Phi) is 13.2. The van der Waals surface area contributed by atoms with Gasteiger partial charge in [0.25, 0.3) is 0 Å². The van der Waals surface area contributed by atoms with Crippen LogP contribution in [0.4, 0.5) is 0 Å². The van der Waals surface area contributed by atoms with E-state index in [1.807, 2.05) is 0 Å². The third kappa shape index (κ3) is 7.56. The van der Waals surface area contributed by atoms with E-state index in [4.69, 9.17) is 8.85 Å². The van der Waals surface area contributed by atoms with Crippen LogP contribution in [0.1, 0.15) is 106 Å². The molecule has 59 heavy (non-hydrogen) atoms. The van der Waals surface area contributed by atoms with Crippen LogP contribution in [0.15, 0.2) is 166 Å². The Bertz CT molecular complexity index is 2010. The molecule has 0 saturated heterocycles. The van der Waals surface area contributed by atoms with Crippen LogP contribution in [0, 0.1) is 0 Å². The van der Waals surface area contributed by atoms with Crippen molar-refractivity contribution < 1.29 is 56.9 Å². The van der Waals surface area contributed by atoms with E-state index in [1.54, 1.807) is 33.4 Å². The van der Waals surface area contributed by atoms with Crippen LogP contribution >= 0.6 is 0 Å². The molecule has 2 atom stereocenters. The first-order valence-electron chi connectivity index (χ1n) is 21.8. The molecule has 1 aliphatic heterocycles. The topological polar surface area (TPSA) is 18.5 Å². The molecule has 7 heteroatoms. The van der Waals surface area contributed by atoms with Gasteiger partial charge in [0, 0.05) is 0 Å². The molecule has 4 aliphatic carbocycles. The van der Waals surface area contributed by atoms with Crippen LogP contribution in [0.2, 0.25) is 17.3 Å². The molecule has 0 aromatic heterocycles. The molecule has 4 aromatic rings. The van der Waals surface area contributed by atoms with Crippen LogP contribution in [0.25, 0.3) is 0 Å². The van der Waals surface area contributed by atoms with Gasteiger partial charge in [-0.05, 0) is 0 Å². The van der Waals surface area contributed by atoms with Crippen LogP contribution in [0.5, 0.6) is 0 Å². The molecule has 2 nitrogen and oxygen atoms in total. The number of benzene rings is 4. The summed E-state index contributed by atoms with van der Waals surface area (Å²) in [5, 5.41) is 5.38. The molecular weight excluding hydrogens is 875 g/mol. The largest absolute Gasteiger partial charge is 1.00 e. The first kappa shape index (κ1) is 44.4. The SMILES string of the molecule is CC(C)(C)[Si](OC1=C2CCC3=C(O[Si](c4ccccc4)(c4ccccc4)C(C)(C)C)[CH]([Zr+2][CH]1C1=C2CCCC1)C1=C3CCCC1)(c1ccccc1)c1ccccc1.[Cl-].[Cl-]. The molecule has 4 aromatic carbocycles. The third-order valence-corrected chi connectivity index (χ3v) is 28.4. The summed E-state index contributed by atoms with van der Waals surface area (Å²) in [4.78, 5) is 0. The predicted molar refractivity (Wildman–Crippen MR) is 239 cm³/mol. The summed E-state index contributed by atoms with van der Waals surface area (Å²) in [6.45, 7) is 14.7. The average Bonchev–Trinajstić information content (AvgIpc) is 3.69. The van der Waals surface area contributed by atoms with E-state index < -0.39 is 39.9 Å². The van der Waals surface area contributed by atoms with Gasteiger partial charge in [0.05, 0.1) is 0 Å². The summed E-state index contributed by atoms with van der Waals surface area (Å²) in [5.41, 5.74) is 10.1. The van der Waals surface area contributed by atoms with E-state index in [0.29, 0.717) is 7.25 Å². The predicted octanol–water partition coefficient (Wildman–Crippen LogP) is 5.88. The van der Waals surface area contributed by atoms with Gasteiger partial charge in [0.2, 0.25) is 0 Å². The molecule has 306 valence electrons. The quantitative estimate of drug-likeness (QED) is 0.206. The van der Waals surface area contributed by atoms with Gasteiger partial charge in [-0.25, -0.2) is 0 Å². The maximum atomic E-state index is 8.31. The van der Waals surface area contributed by atoms with E-state index in [-0.39, 0.29) is 34.9 Å². The number of rotatable bonds is 8. The van der Waals surface area contributed by atoms with Crippen LogP contribution < -0.4 is 45.6 Å². The minimum atomic E-state index is -2.83. The Morgan fingerprint density at radius 1 is 0.407 bits per heavy atom. The Balaban J connectivity index is 0.00000264. The van der Waals surface area contributed by atoms with E-state index in [0.717, 1.165) is 12.8 Å². The van der Waals surface area contributed by atoms with E-state index in [1.165, 1.54) is 83.6 Å². The van der Waals surface area contributed by atoms with Gasteiger partial charge >= 0.3 is 359 Å². The van der Waals surface area contributed by atoms with E-state index in [9.17, 15) is 0 Å². The molecule has 0 fully saturated rings. The van der Waals surface area contributed by atoms with Crippen molar-refractivity contribution in [3.63, 3.8) is 0 Å². The summed E-state index contributed by atoms with van der Waals surface area (Å²) >= 11 is -1.30. The van der Waals surface area contributed by atoms with Gasteiger partial charge in [-0.1, -0.05) is 0 Å². The van der Waals surface area contributed by atoms with Gasteiger partial charge in [0.1, 0.15) is 0 Å². The first-order valence-corrected chi connectivity index (χ1v) is 28.5. The van der Waals surface area contributed by atoms with Gasteiger partial charge < -0.3 is 24.8 Å². The Morgan fingerprint density at radius 3 is 0.983 bits per heavy atom. The van der Waals surface area contributed by atoms with Crippen molar-refractivity contribution in [2.24, 2.45) is 0 Å². The Morgan fingerprint density at radius 2 is 0.695 bits per heavy atom. The van der Waals surface area contributed by atoms with Crippen LogP contribution in [0.3, 0.4) is 0 Å². The van der Waals surface area contributed by atoms with Crippen LogP contribution in [-0.4, -0.2) is 16.6 Å². The Hall–Kier alpha value is -2.66. The van der Waals surface area contributed by atoms with Crippen molar-refractivity contribution in [1.82, 2.24) is 0 Å². The fourth-order valence-electron chi connectivity index (χ4n) is 11.3. The first-order chi connectivity index (χ1) is 27.5. The molecule has 1 heterocycles. The van der Waals surface area contributed by atoms with Crippen molar-refractivity contribution in [2.75, 3.05) is 0 Å². The second-order valence-electron chi connectivity index (χ2n) is 19.2. The van der Waals surface area contributed by atoms with Gasteiger partial charge in [-0.15, -0.1) is 0 Å². The summed E-state index contributed by atoms with van der Waals surface area (Å²) in [5.74, 6) is 2.80. The summed E-state index contributed by atoms with van der Waals surface area (Å²) in [7, 11) is -5.66. The number of fused-ring (bicyclic) bond motifs is 6. The zero-order valence-corrected chi connectivity index (χ0v) is 41.8.